The van der Waals surface area contributed by atoms with Crippen LogP contribution in [0.1, 0.15) is 59.9 Å². The molecule has 6 rings (SSSR count). The van der Waals surface area contributed by atoms with Gasteiger partial charge in [0.1, 0.15) is 0 Å². The lowest BCUT2D eigenvalue weighted by Crippen LogP contribution is -2.38. The van der Waals surface area contributed by atoms with Crippen molar-refractivity contribution in [1.82, 2.24) is 15.4 Å². The molecule has 2 amide bonds. The fraction of sp³-hybridized carbons (Fsp3) is 0.361. The number of rotatable bonds is 11. The molecule has 49 heavy (non-hydrogen) atoms. The van der Waals surface area contributed by atoms with Crippen LogP contribution >= 0.6 is 0 Å². The third kappa shape index (κ3) is 6.47. The summed E-state index contributed by atoms with van der Waals surface area (Å²) >= 11 is 0. The molecular formula is C36H42N6O6S. The van der Waals surface area contributed by atoms with Crippen LogP contribution in [-0.2, 0) is 32.6 Å². The van der Waals surface area contributed by atoms with Gasteiger partial charge in [-0.25, -0.2) is 13.1 Å². The van der Waals surface area contributed by atoms with E-state index in [0.29, 0.717) is 54.2 Å². The molecule has 3 N–H and O–H groups in total. The smallest absolute Gasteiger partial charge is 0.264 e. The van der Waals surface area contributed by atoms with Crippen molar-refractivity contribution in [2.75, 3.05) is 35.1 Å². The third-order valence-electron chi connectivity index (χ3n) is 9.29. The van der Waals surface area contributed by atoms with Crippen LogP contribution in [0.15, 0.2) is 70.1 Å². The van der Waals surface area contributed by atoms with Crippen molar-refractivity contribution >= 4 is 39.1 Å². The average molecular weight is 687 g/mol. The Balaban J connectivity index is 1.43. The van der Waals surface area contributed by atoms with Crippen molar-refractivity contribution in [2.45, 2.75) is 65.4 Å². The molecular weight excluding hydrogens is 644 g/mol. The molecule has 4 aromatic rings. The number of carbonyl (C=O) groups excluding carboxylic acids is 2. The van der Waals surface area contributed by atoms with E-state index in [9.17, 15) is 18.0 Å². The number of aromatic nitrogens is 1. The molecule has 1 unspecified atom stereocenters. The van der Waals surface area contributed by atoms with Gasteiger partial charge in [-0.3, -0.25) is 9.59 Å². The van der Waals surface area contributed by atoms with Gasteiger partial charge in [0.05, 0.1) is 27.5 Å². The molecule has 0 bridgehead atoms. The summed E-state index contributed by atoms with van der Waals surface area (Å²) in [5.41, 5.74) is 5.57. The van der Waals surface area contributed by atoms with Gasteiger partial charge in [0.2, 0.25) is 18.1 Å². The Hall–Kier alpha value is -4.88. The van der Waals surface area contributed by atoms with Crippen molar-refractivity contribution in [3.05, 3.63) is 88.6 Å². The number of anilines is 3. The number of likely N-dealkylation sites (tertiary alicyclic amines) is 1. The number of hydrogen-bond donors (Lipinski definition) is 3. The number of hydrogen-bond acceptors (Lipinski definition) is 9. The number of fused-ring (bicyclic) bond motifs is 1. The number of aryl methyl sites for hydroxylation is 1. The number of para-hydroxylation sites is 1. The Bertz CT molecular complexity index is 2020. The second-order valence-electron chi connectivity index (χ2n) is 13.0. The third-order valence-corrected chi connectivity index (χ3v) is 10.7. The van der Waals surface area contributed by atoms with E-state index in [1.807, 2.05) is 60.9 Å². The number of amides is 2. The van der Waals surface area contributed by atoms with Crippen LogP contribution in [0.2, 0.25) is 0 Å². The highest BCUT2D eigenvalue weighted by Crippen LogP contribution is 2.41. The normalized spacial score (nSPS) is 16.9. The van der Waals surface area contributed by atoms with Gasteiger partial charge in [0.25, 0.3) is 15.9 Å². The fourth-order valence-electron chi connectivity index (χ4n) is 6.42. The second-order valence-corrected chi connectivity index (χ2v) is 14.7. The van der Waals surface area contributed by atoms with Crippen LogP contribution in [0.4, 0.5) is 17.3 Å². The molecule has 3 heterocycles. The van der Waals surface area contributed by atoms with Crippen LogP contribution in [-0.4, -0.2) is 56.8 Å². The molecule has 0 saturated carbocycles. The van der Waals surface area contributed by atoms with Gasteiger partial charge in [-0.15, -0.1) is 0 Å². The van der Waals surface area contributed by atoms with Gasteiger partial charge in [0.15, 0.2) is 0 Å². The lowest BCUT2D eigenvalue weighted by Gasteiger charge is -2.28. The minimum absolute atomic E-state index is 0.0480. The first-order valence-corrected chi connectivity index (χ1v) is 17.8. The Morgan fingerprint density at radius 3 is 2.53 bits per heavy atom. The van der Waals surface area contributed by atoms with Gasteiger partial charge in [-0.05, 0) is 62.1 Å². The number of ether oxygens (including phenoxy) is 1. The van der Waals surface area contributed by atoms with Crippen LogP contribution in [0.5, 0.6) is 0 Å². The molecule has 2 aliphatic rings. The average Bonchev–Trinajstić information content (AvgIpc) is 3.68. The van der Waals surface area contributed by atoms with Crippen LogP contribution in [0.3, 0.4) is 0 Å². The lowest BCUT2D eigenvalue weighted by molar-refractivity contribution is -0.135. The van der Waals surface area contributed by atoms with Gasteiger partial charge in [-0.1, -0.05) is 61.5 Å². The Labute approximate surface area is 286 Å². The zero-order valence-corrected chi connectivity index (χ0v) is 29.4. The van der Waals surface area contributed by atoms with Gasteiger partial charge in [-0.2, -0.15) is 0 Å². The minimum Gasteiger partial charge on any atom is -0.355 e. The van der Waals surface area contributed by atoms with E-state index in [-0.39, 0.29) is 22.6 Å². The van der Waals surface area contributed by atoms with Crippen molar-refractivity contribution in [3.8, 4) is 11.1 Å². The monoisotopic (exact) mass is 686 g/mol. The molecule has 12 nitrogen and oxygen atoms in total. The first kappa shape index (κ1) is 34.0. The Morgan fingerprint density at radius 2 is 1.86 bits per heavy atom. The van der Waals surface area contributed by atoms with E-state index in [1.165, 1.54) is 0 Å². The highest BCUT2D eigenvalue weighted by atomic mass is 32.2. The first-order chi connectivity index (χ1) is 23.3. The topological polar surface area (TPSA) is 146 Å². The van der Waals surface area contributed by atoms with Crippen molar-refractivity contribution in [2.24, 2.45) is 5.41 Å². The lowest BCUT2D eigenvalue weighted by atomic mass is 9.92. The molecule has 0 spiro atoms. The molecule has 2 aliphatic heterocycles. The Kier molecular flexibility index (Phi) is 9.16. The molecule has 0 radical (unpaired) electrons. The maximum absolute atomic E-state index is 13.8. The number of benzene rings is 3. The molecule has 1 atom stereocenters. The van der Waals surface area contributed by atoms with Gasteiger partial charge in [0, 0.05) is 49.8 Å². The number of nitrogens with one attached hydrogen (secondary N) is 3. The predicted molar refractivity (Wildman–Crippen MR) is 188 cm³/mol. The zero-order valence-electron chi connectivity index (χ0n) is 28.6. The standard InChI is InChI=1S/C36H42N6O6S/c1-7-47-35-38-29-13-10-12-28(32(43)37-6)31(29)42(35)20-24-15-16-26(25(19-24)21-41-18-17-36(4,5)34(41)44)27-11-8-9-14-30(27)49(45,46)40-33-22(2)23(3)39-48-33/h8-16,19,35,38,40H,7,17-18,20-21H2,1-6H3,(H,37,43). The van der Waals surface area contributed by atoms with Crippen LogP contribution < -0.4 is 20.3 Å². The molecule has 258 valence electrons. The van der Waals surface area contributed by atoms with Crippen LogP contribution in [0, 0.1) is 19.3 Å². The summed E-state index contributed by atoms with van der Waals surface area (Å²) in [6, 6.07) is 18.2. The van der Waals surface area contributed by atoms with E-state index >= 15 is 0 Å². The summed E-state index contributed by atoms with van der Waals surface area (Å²) in [4.78, 5) is 30.2. The molecule has 13 heteroatoms. The molecule has 1 aromatic heterocycles. The van der Waals surface area contributed by atoms with E-state index in [4.69, 9.17) is 9.26 Å². The summed E-state index contributed by atoms with van der Waals surface area (Å²) in [7, 11) is -2.50. The van der Waals surface area contributed by atoms with Gasteiger partial charge < -0.3 is 29.7 Å². The summed E-state index contributed by atoms with van der Waals surface area (Å²) in [5.74, 6) is -0.103. The fourth-order valence-corrected chi connectivity index (χ4v) is 7.69. The van der Waals surface area contributed by atoms with E-state index in [1.54, 1.807) is 51.2 Å². The second kappa shape index (κ2) is 13.2. The SMILES string of the molecule is CCOC1Nc2cccc(C(=O)NC)c2N1Cc1ccc(-c2ccccc2S(=O)(=O)Nc2onc(C)c2C)c(CN2CCC(C)(C)C2=O)c1. The summed E-state index contributed by atoms with van der Waals surface area (Å²) in [6.45, 7) is 11.0. The molecule has 3 aromatic carbocycles. The highest BCUT2D eigenvalue weighted by molar-refractivity contribution is 7.92. The van der Waals surface area contributed by atoms with Crippen molar-refractivity contribution < 1.29 is 27.3 Å². The largest absolute Gasteiger partial charge is 0.355 e. The number of sulfonamides is 1. The van der Waals surface area contributed by atoms with E-state index < -0.39 is 21.8 Å². The number of carbonyl (C=O) groups is 2. The minimum atomic E-state index is -4.10. The summed E-state index contributed by atoms with van der Waals surface area (Å²) in [5, 5.41) is 10.0. The maximum Gasteiger partial charge on any atom is 0.264 e. The molecule has 1 fully saturated rings. The molecule has 1 saturated heterocycles. The Morgan fingerprint density at radius 1 is 1.08 bits per heavy atom. The highest BCUT2D eigenvalue weighted by Gasteiger charge is 2.39. The zero-order chi connectivity index (χ0) is 35.1. The summed E-state index contributed by atoms with van der Waals surface area (Å²) < 4.78 is 41.6. The quantitative estimate of drug-likeness (QED) is 0.183. The van der Waals surface area contributed by atoms with Crippen molar-refractivity contribution in [3.63, 3.8) is 0 Å². The van der Waals surface area contributed by atoms with E-state index in [2.05, 4.69) is 20.5 Å². The van der Waals surface area contributed by atoms with E-state index in [0.717, 1.165) is 28.9 Å². The maximum atomic E-state index is 13.8. The predicted octanol–water partition coefficient (Wildman–Crippen LogP) is 5.63. The molecule has 0 aliphatic carbocycles. The van der Waals surface area contributed by atoms with Crippen molar-refractivity contribution in [1.29, 1.82) is 0 Å². The van der Waals surface area contributed by atoms with Gasteiger partial charge >= 0.3 is 0 Å². The summed E-state index contributed by atoms with van der Waals surface area (Å²) in [6.07, 6.45) is 0.204. The van der Waals surface area contributed by atoms with Crippen LogP contribution in [0.25, 0.3) is 11.1 Å². The first-order valence-electron chi connectivity index (χ1n) is 16.3. The number of nitrogens with zero attached hydrogens (tertiary/aromatic N) is 3.